The van der Waals surface area contributed by atoms with E-state index in [1.54, 1.807) is 37.8 Å². The van der Waals surface area contributed by atoms with Gasteiger partial charge in [-0.25, -0.2) is 0 Å². The van der Waals surface area contributed by atoms with E-state index in [4.69, 9.17) is 19.3 Å². The van der Waals surface area contributed by atoms with E-state index in [0.29, 0.717) is 23.1 Å². The molecule has 1 aliphatic heterocycles. The highest BCUT2D eigenvalue weighted by atomic mass is 32.2. The van der Waals surface area contributed by atoms with Crippen LogP contribution in [0.25, 0.3) is 11.4 Å². The summed E-state index contributed by atoms with van der Waals surface area (Å²) in [6.07, 6.45) is 0. The van der Waals surface area contributed by atoms with Gasteiger partial charge < -0.3 is 14.2 Å². The number of hydrogen-bond donors (Lipinski definition) is 0. The first-order chi connectivity index (χ1) is 13.2. The van der Waals surface area contributed by atoms with E-state index in [1.807, 2.05) is 42.5 Å². The van der Waals surface area contributed by atoms with Crippen molar-refractivity contribution in [2.75, 3.05) is 27.1 Å². The first-order valence-electron chi connectivity index (χ1n) is 8.26. The molecule has 0 bridgehead atoms. The van der Waals surface area contributed by atoms with Crippen molar-refractivity contribution in [1.29, 1.82) is 0 Å². The monoisotopic (exact) mass is 382 g/mol. The average Bonchev–Trinajstić information content (AvgIpc) is 3.16. The van der Waals surface area contributed by atoms with E-state index in [2.05, 4.69) is 10.2 Å². The molecule has 2 heterocycles. The molecule has 0 aliphatic carbocycles. The summed E-state index contributed by atoms with van der Waals surface area (Å²) in [7, 11) is 4.90. The lowest BCUT2D eigenvalue weighted by atomic mass is 10.1. The number of fused-ring (bicyclic) bond motifs is 1. The van der Waals surface area contributed by atoms with Crippen molar-refractivity contribution in [3.63, 3.8) is 0 Å². The third kappa shape index (κ3) is 3.23. The van der Waals surface area contributed by atoms with E-state index in [0.717, 1.165) is 27.7 Å². The van der Waals surface area contributed by atoms with E-state index >= 15 is 0 Å². The predicted molar refractivity (Wildman–Crippen MR) is 104 cm³/mol. The van der Waals surface area contributed by atoms with Crippen molar-refractivity contribution in [2.24, 2.45) is 5.10 Å². The van der Waals surface area contributed by atoms with Crippen molar-refractivity contribution in [3.8, 4) is 28.6 Å². The maximum absolute atomic E-state index is 5.49. The molecule has 1 aromatic heterocycles. The Kier molecular flexibility index (Phi) is 4.72. The van der Waals surface area contributed by atoms with Crippen molar-refractivity contribution >= 4 is 17.5 Å². The van der Waals surface area contributed by atoms with Crippen LogP contribution >= 0.6 is 11.8 Å². The van der Waals surface area contributed by atoms with E-state index in [-0.39, 0.29) is 0 Å². The van der Waals surface area contributed by atoms with Crippen LogP contribution in [0.4, 0.5) is 0 Å². The van der Waals surface area contributed by atoms with Crippen molar-refractivity contribution in [1.82, 2.24) is 14.9 Å². The number of aromatic nitrogens is 3. The van der Waals surface area contributed by atoms with E-state index in [1.165, 1.54) is 0 Å². The summed E-state index contributed by atoms with van der Waals surface area (Å²) in [4.78, 5) is 0. The first-order valence-corrected chi connectivity index (χ1v) is 9.25. The smallest absolute Gasteiger partial charge is 0.212 e. The largest absolute Gasteiger partial charge is 0.497 e. The van der Waals surface area contributed by atoms with Gasteiger partial charge in [-0.1, -0.05) is 23.9 Å². The van der Waals surface area contributed by atoms with Gasteiger partial charge in [-0.2, -0.15) is 9.78 Å². The van der Waals surface area contributed by atoms with Gasteiger partial charge in [0.05, 0.1) is 32.6 Å². The van der Waals surface area contributed by atoms with Crippen LogP contribution in [0.5, 0.6) is 17.2 Å². The van der Waals surface area contributed by atoms with Gasteiger partial charge >= 0.3 is 0 Å². The normalized spacial score (nSPS) is 12.9. The van der Waals surface area contributed by atoms with Crippen LogP contribution in [0.2, 0.25) is 0 Å². The number of rotatable bonds is 5. The maximum Gasteiger partial charge on any atom is 0.212 e. The Labute approximate surface area is 161 Å². The Bertz CT molecular complexity index is 1020. The summed E-state index contributed by atoms with van der Waals surface area (Å²) in [6.45, 7) is 0. The lowest BCUT2D eigenvalue weighted by Gasteiger charge is -2.15. The van der Waals surface area contributed by atoms with Crippen LogP contribution in [-0.4, -0.2) is 47.7 Å². The summed E-state index contributed by atoms with van der Waals surface area (Å²) >= 11 is 1.59. The molecule has 2 aromatic carbocycles. The summed E-state index contributed by atoms with van der Waals surface area (Å²) in [5, 5.41) is 14.1. The number of benzene rings is 2. The zero-order valence-electron chi connectivity index (χ0n) is 15.2. The quantitative estimate of drug-likeness (QED) is 0.674. The fourth-order valence-electron chi connectivity index (χ4n) is 2.83. The minimum atomic E-state index is 0.605. The molecule has 138 valence electrons. The third-order valence-corrected chi connectivity index (χ3v) is 5.15. The van der Waals surface area contributed by atoms with Gasteiger partial charge in [0.2, 0.25) is 5.16 Å². The minimum Gasteiger partial charge on any atom is -0.497 e. The van der Waals surface area contributed by atoms with Crippen LogP contribution in [0.1, 0.15) is 5.56 Å². The number of methoxy groups -OCH3 is 3. The third-order valence-electron chi connectivity index (χ3n) is 4.22. The topological polar surface area (TPSA) is 70.8 Å². The van der Waals surface area contributed by atoms with Gasteiger partial charge in [0.25, 0.3) is 0 Å². The molecule has 0 radical (unpaired) electrons. The minimum absolute atomic E-state index is 0.605. The van der Waals surface area contributed by atoms with Crippen LogP contribution in [0.15, 0.2) is 52.7 Å². The summed E-state index contributed by atoms with van der Waals surface area (Å²) in [6, 6.07) is 13.4. The van der Waals surface area contributed by atoms with Crippen molar-refractivity contribution in [3.05, 3.63) is 48.0 Å². The summed E-state index contributed by atoms with van der Waals surface area (Å²) < 4.78 is 17.9. The molecule has 3 aromatic rings. The first kappa shape index (κ1) is 17.4. The highest BCUT2D eigenvalue weighted by molar-refractivity contribution is 7.99. The molecule has 4 rings (SSSR count). The van der Waals surface area contributed by atoms with Gasteiger partial charge in [-0.3, -0.25) is 0 Å². The number of nitrogens with zero attached hydrogens (tertiary/aromatic N) is 4. The van der Waals surface area contributed by atoms with E-state index in [9.17, 15) is 0 Å². The fourth-order valence-corrected chi connectivity index (χ4v) is 3.67. The highest BCUT2D eigenvalue weighted by Crippen LogP contribution is 2.35. The Morgan fingerprint density at radius 1 is 0.926 bits per heavy atom. The van der Waals surface area contributed by atoms with Crippen LogP contribution < -0.4 is 14.2 Å². The Balaban J connectivity index is 1.81. The van der Waals surface area contributed by atoms with Crippen LogP contribution in [-0.2, 0) is 0 Å². The van der Waals surface area contributed by atoms with Gasteiger partial charge in [0.15, 0.2) is 5.82 Å². The molecule has 0 atom stereocenters. The Morgan fingerprint density at radius 3 is 2.52 bits per heavy atom. The molecule has 0 unspecified atom stereocenters. The molecule has 0 fully saturated rings. The second-order valence-electron chi connectivity index (χ2n) is 5.75. The predicted octanol–water partition coefficient (Wildman–Crippen LogP) is 3.33. The second-order valence-corrected chi connectivity index (χ2v) is 6.69. The van der Waals surface area contributed by atoms with Gasteiger partial charge in [0.1, 0.15) is 17.2 Å². The lowest BCUT2D eigenvalue weighted by molar-refractivity contribution is 0.404. The SMILES string of the molecule is COc1cccc(C2=Nn3c(nnc3-c3cc(OC)ccc3OC)SC2)c1. The van der Waals surface area contributed by atoms with Crippen molar-refractivity contribution < 1.29 is 14.2 Å². The number of thioether (sulfide) groups is 1. The average molecular weight is 382 g/mol. The molecule has 0 amide bonds. The fraction of sp³-hybridized carbons (Fsp3) is 0.211. The van der Waals surface area contributed by atoms with Gasteiger partial charge in [0, 0.05) is 11.3 Å². The Hall–Kier alpha value is -3.00. The van der Waals surface area contributed by atoms with E-state index < -0.39 is 0 Å². The number of hydrogen-bond acceptors (Lipinski definition) is 7. The summed E-state index contributed by atoms with van der Waals surface area (Å²) in [5.41, 5.74) is 2.70. The zero-order valence-corrected chi connectivity index (χ0v) is 16.0. The molecule has 0 saturated carbocycles. The molecule has 8 heteroatoms. The molecule has 7 nitrogen and oxygen atoms in total. The zero-order chi connectivity index (χ0) is 18.8. The molecular weight excluding hydrogens is 364 g/mol. The second kappa shape index (κ2) is 7.32. The maximum atomic E-state index is 5.49. The van der Waals surface area contributed by atoms with Crippen LogP contribution in [0.3, 0.4) is 0 Å². The molecule has 1 aliphatic rings. The highest BCUT2D eigenvalue weighted by Gasteiger charge is 2.23. The standard InChI is InChI=1S/C19H18N4O3S/c1-24-13-6-4-5-12(9-13)16-11-27-19-21-20-18(23(19)22-16)15-10-14(25-2)7-8-17(15)26-3/h4-10H,11H2,1-3H3. The van der Waals surface area contributed by atoms with Gasteiger partial charge in [-0.15, -0.1) is 10.2 Å². The molecule has 0 spiro atoms. The Morgan fingerprint density at radius 2 is 1.74 bits per heavy atom. The van der Waals surface area contributed by atoms with Gasteiger partial charge in [-0.05, 0) is 30.3 Å². The molecule has 27 heavy (non-hydrogen) atoms. The summed E-state index contributed by atoms with van der Waals surface area (Å²) in [5.74, 6) is 3.50. The molecule has 0 saturated heterocycles. The molecule has 0 N–H and O–H groups in total. The lowest BCUT2D eigenvalue weighted by Crippen LogP contribution is -2.14. The number of ether oxygens (including phenoxy) is 3. The van der Waals surface area contributed by atoms with Crippen LogP contribution in [0, 0.1) is 0 Å². The van der Waals surface area contributed by atoms with Crippen molar-refractivity contribution in [2.45, 2.75) is 5.16 Å². The molecular formula is C19H18N4O3S.